The number of aryl methyl sites for hydroxylation is 2. The normalized spacial score (nSPS) is 11.5. The zero-order valence-corrected chi connectivity index (χ0v) is 12.3. The van der Waals surface area contributed by atoms with Crippen LogP contribution in [0.2, 0.25) is 0 Å². The fraction of sp³-hybridized carbons (Fsp3) is 0.308. The largest absolute Gasteiger partial charge is 0.381 e. The van der Waals surface area contributed by atoms with Crippen LogP contribution in [0.1, 0.15) is 19.4 Å². The minimum absolute atomic E-state index is 0.00116. The maximum Gasteiger partial charge on any atom is 0.267 e. The second kappa shape index (κ2) is 5.54. The Morgan fingerprint density at radius 2 is 2.10 bits per heavy atom. The molecule has 1 heterocycles. The van der Waals surface area contributed by atoms with Crippen molar-refractivity contribution in [3.05, 3.63) is 36.0 Å². The average molecular weight is 294 g/mol. The first-order valence-electron chi connectivity index (χ1n) is 6.41. The molecular weight excluding hydrogens is 276 g/mol. The van der Waals surface area contributed by atoms with Crippen molar-refractivity contribution in [3.8, 4) is 0 Å². The van der Waals surface area contributed by atoms with Gasteiger partial charge in [-0.25, -0.2) is 8.42 Å². The van der Waals surface area contributed by atoms with Gasteiger partial charge < -0.3 is 5.73 Å². The lowest BCUT2D eigenvalue weighted by molar-refractivity contribution is 0.600. The molecule has 7 heteroatoms. The summed E-state index contributed by atoms with van der Waals surface area (Å²) in [6.45, 7) is 4.43. The second-order valence-electron chi connectivity index (χ2n) is 4.39. The predicted molar refractivity (Wildman–Crippen MR) is 78.9 cm³/mol. The van der Waals surface area contributed by atoms with Crippen molar-refractivity contribution in [2.75, 3.05) is 10.5 Å². The number of sulfonamides is 1. The Labute approximate surface area is 118 Å². The molecule has 0 aliphatic rings. The number of rotatable bonds is 5. The average Bonchev–Trinajstić information content (AvgIpc) is 2.80. The van der Waals surface area contributed by atoms with Crippen molar-refractivity contribution in [1.29, 1.82) is 0 Å². The highest BCUT2D eigenvalue weighted by molar-refractivity contribution is 7.92. The van der Waals surface area contributed by atoms with E-state index in [1.165, 1.54) is 10.9 Å². The molecular formula is C13H18N4O2S. The topological polar surface area (TPSA) is 90.0 Å². The number of benzene rings is 1. The molecule has 0 amide bonds. The number of aromatic nitrogens is 2. The monoisotopic (exact) mass is 294 g/mol. The van der Waals surface area contributed by atoms with Gasteiger partial charge in [0, 0.05) is 18.4 Å². The smallest absolute Gasteiger partial charge is 0.267 e. The highest BCUT2D eigenvalue weighted by atomic mass is 32.2. The van der Waals surface area contributed by atoms with Crippen molar-refractivity contribution >= 4 is 21.5 Å². The van der Waals surface area contributed by atoms with E-state index in [9.17, 15) is 8.42 Å². The van der Waals surface area contributed by atoms with Crippen LogP contribution in [0.15, 0.2) is 35.4 Å². The predicted octanol–water partition coefficient (Wildman–Crippen LogP) is 1.85. The fourth-order valence-electron chi connectivity index (χ4n) is 1.85. The zero-order chi connectivity index (χ0) is 14.8. The van der Waals surface area contributed by atoms with Crippen LogP contribution in [0.25, 0.3) is 0 Å². The van der Waals surface area contributed by atoms with Crippen LogP contribution in [0, 0.1) is 0 Å². The molecule has 108 valence electrons. The van der Waals surface area contributed by atoms with E-state index < -0.39 is 10.0 Å². The van der Waals surface area contributed by atoms with Crippen molar-refractivity contribution in [2.45, 2.75) is 31.7 Å². The van der Waals surface area contributed by atoms with Crippen LogP contribution < -0.4 is 10.5 Å². The van der Waals surface area contributed by atoms with Gasteiger partial charge in [0.05, 0.1) is 0 Å². The molecule has 1 aromatic heterocycles. The van der Waals surface area contributed by atoms with Gasteiger partial charge in [-0.2, -0.15) is 5.10 Å². The summed E-state index contributed by atoms with van der Waals surface area (Å²) in [6.07, 6.45) is 2.27. The number of anilines is 2. The van der Waals surface area contributed by atoms with Gasteiger partial charge >= 0.3 is 0 Å². The van der Waals surface area contributed by atoms with E-state index in [0.717, 1.165) is 12.0 Å². The summed E-state index contributed by atoms with van der Waals surface area (Å²) in [5, 5.41) is 3.95. The first-order valence-corrected chi connectivity index (χ1v) is 7.89. The summed E-state index contributed by atoms with van der Waals surface area (Å²) >= 11 is 0. The molecule has 0 aliphatic heterocycles. The van der Waals surface area contributed by atoms with Gasteiger partial charge in [0.1, 0.15) is 4.90 Å². The number of nitrogens with zero attached hydrogens (tertiary/aromatic N) is 2. The van der Waals surface area contributed by atoms with E-state index in [-0.39, 0.29) is 10.7 Å². The summed E-state index contributed by atoms with van der Waals surface area (Å²) in [5.41, 5.74) is 7.24. The SMILES string of the molecule is CCc1cccc(NS(=O)(=O)c2cn(CC)nc2N)c1. The van der Waals surface area contributed by atoms with Gasteiger partial charge in [0.2, 0.25) is 0 Å². The molecule has 20 heavy (non-hydrogen) atoms. The highest BCUT2D eigenvalue weighted by Crippen LogP contribution is 2.21. The first-order chi connectivity index (χ1) is 9.46. The Bertz CT molecular complexity index is 707. The third-order valence-corrected chi connectivity index (χ3v) is 4.35. The van der Waals surface area contributed by atoms with E-state index in [1.54, 1.807) is 12.1 Å². The van der Waals surface area contributed by atoms with Crippen LogP contribution >= 0.6 is 0 Å². The molecule has 0 aliphatic carbocycles. The van der Waals surface area contributed by atoms with Crippen LogP contribution in [0.3, 0.4) is 0 Å². The molecule has 1 aromatic carbocycles. The molecule has 0 atom stereocenters. The lowest BCUT2D eigenvalue weighted by atomic mass is 10.1. The fourth-order valence-corrected chi connectivity index (χ4v) is 2.98. The third kappa shape index (κ3) is 2.93. The summed E-state index contributed by atoms with van der Waals surface area (Å²) < 4.78 is 28.6. The number of nitrogens with one attached hydrogen (secondary N) is 1. The summed E-state index contributed by atoms with van der Waals surface area (Å²) in [4.78, 5) is 0.00116. The Hall–Kier alpha value is -2.02. The Balaban J connectivity index is 2.32. The molecule has 0 unspecified atom stereocenters. The van der Waals surface area contributed by atoms with Gasteiger partial charge in [-0.3, -0.25) is 9.40 Å². The molecule has 0 saturated carbocycles. The second-order valence-corrected chi connectivity index (χ2v) is 6.04. The molecule has 0 fully saturated rings. The quantitative estimate of drug-likeness (QED) is 0.880. The maximum atomic E-state index is 12.3. The van der Waals surface area contributed by atoms with Gasteiger partial charge in [0.15, 0.2) is 5.82 Å². The summed E-state index contributed by atoms with van der Waals surface area (Å²) in [7, 11) is -3.72. The summed E-state index contributed by atoms with van der Waals surface area (Å²) in [6, 6.07) is 7.27. The Kier molecular flexibility index (Phi) is 3.99. The van der Waals surface area contributed by atoms with Crippen LogP contribution in [-0.4, -0.2) is 18.2 Å². The molecule has 0 radical (unpaired) electrons. The van der Waals surface area contributed by atoms with E-state index in [4.69, 9.17) is 5.73 Å². The molecule has 0 spiro atoms. The van der Waals surface area contributed by atoms with Crippen molar-refractivity contribution < 1.29 is 8.42 Å². The Morgan fingerprint density at radius 1 is 1.35 bits per heavy atom. The zero-order valence-electron chi connectivity index (χ0n) is 11.5. The number of hydrogen-bond donors (Lipinski definition) is 2. The van der Waals surface area contributed by atoms with Crippen molar-refractivity contribution in [2.24, 2.45) is 0 Å². The summed E-state index contributed by atoms with van der Waals surface area (Å²) in [5.74, 6) is 0.00555. The molecule has 3 N–H and O–H groups in total. The van der Waals surface area contributed by atoms with E-state index in [1.807, 2.05) is 26.0 Å². The molecule has 6 nitrogen and oxygen atoms in total. The van der Waals surface area contributed by atoms with Crippen LogP contribution in [0.4, 0.5) is 11.5 Å². The molecule has 0 saturated heterocycles. The van der Waals surface area contributed by atoms with Crippen molar-refractivity contribution in [3.63, 3.8) is 0 Å². The van der Waals surface area contributed by atoms with Gasteiger partial charge in [-0.15, -0.1) is 0 Å². The Morgan fingerprint density at radius 3 is 2.70 bits per heavy atom. The minimum Gasteiger partial charge on any atom is -0.381 e. The maximum absolute atomic E-state index is 12.3. The first kappa shape index (κ1) is 14.4. The molecule has 2 rings (SSSR count). The molecule has 2 aromatic rings. The van der Waals surface area contributed by atoms with E-state index in [2.05, 4.69) is 9.82 Å². The van der Waals surface area contributed by atoms with Gasteiger partial charge in [-0.05, 0) is 31.0 Å². The van der Waals surface area contributed by atoms with Gasteiger partial charge in [-0.1, -0.05) is 19.1 Å². The third-order valence-electron chi connectivity index (χ3n) is 2.96. The number of nitrogen functional groups attached to an aromatic ring is 1. The van der Waals surface area contributed by atoms with Crippen molar-refractivity contribution in [1.82, 2.24) is 9.78 Å². The van der Waals surface area contributed by atoms with E-state index in [0.29, 0.717) is 12.2 Å². The highest BCUT2D eigenvalue weighted by Gasteiger charge is 2.21. The standard InChI is InChI=1S/C13H18N4O2S/c1-3-10-6-5-7-11(8-10)16-20(18,19)12-9-17(4-2)15-13(12)14/h5-9,16H,3-4H2,1-2H3,(H2,14,15). The van der Waals surface area contributed by atoms with Crippen LogP contribution in [0.5, 0.6) is 0 Å². The lowest BCUT2D eigenvalue weighted by Crippen LogP contribution is -2.14. The number of hydrogen-bond acceptors (Lipinski definition) is 4. The number of nitrogens with two attached hydrogens (primary N) is 1. The molecule has 0 bridgehead atoms. The van der Waals surface area contributed by atoms with Crippen LogP contribution in [-0.2, 0) is 23.0 Å². The van der Waals surface area contributed by atoms with Gasteiger partial charge in [0.25, 0.3) is 10.0 Å². The lowest BCUT2D eigenvalue weighted by Gasteiger charge is -2.08. The minimum atomic E-state index is -3.72. The van der Waals surface area contributed by atoms with E-state index >= 15 is 0 Å².